The van der Waals surface area contributed by atoms with Crippen molar-refractivity contribution < 1.29 is 9.53 Å². The third-order valence-electron chi connectivity index (χ3n) is 3.30. The zero-order valence-electron chi connectivity index (χ0n) is 14.1. The molecule has 0 radical (unpaired) electrons. The van der Waals surface area contributed by atoms with Gasteiger partial charge in [0.25, 0.3) is 6.47 Å². The van der Waals surface area contributed by atoms with Crippen molar-refractivity contribution in [3.63, 3.8) is 0 Å². The lowest BCUT2D eigenvalue weighted by Gasteiger charge is -2.14. The summed E-state index contributed by atoms with van der Waals surface area (Å²) in [6.07, 6.45) is 6.32. The van der Waals surface area contributed by atoms with Crippen LogP contribution in [0.5, 0.6) is 0 Å². The van der Waals surface area contributed by atoms with Gasteiger partial charge in [-0.25, -0.2) is 0 Å². The van der Waals surface area contributed by atoms with Crippen LogP contribution in [-0.4, -0.2) is 6.47 Å². The van der Waals surface area contributed by atoms with Gasteiger partial charge in [0, 0.05) is 5.56 Å². The van der Waals surface area contributed by atoms with Crippen LogP contribution in [0.25, 0.3) is 16.8 Å². The molecule has 0 aliphatic rings. The Hall–Kier alpha value is -2.09. The van der Waals surface area contributed by atoms with E-state index in [9.17, 15) is 4.79 Å². The first kappa shape index (κ1) is 18.0. The van der Waals surface area contributed by atoms with Gasteiger partial charge in [-0.2, -0.15) is 0 Å². The maximum absolute atomic E-state index is 10.5. The maximum atomic E-state index is 10.5. The number of ether oxygens (including phenoxy) is 1. The topological polar surface area (TPSA) is 26.3 Å². The fourth-order valence-electron chi connectivity index (χ4n) is 2.44. The second-order valence-corrected chi connectivity index (χ2v) is 5.12. The molecule has 0 amide bonds. The van der Waals surface area contributed by atoms with Gasteiger partial charge in [0.05, 0.1) is 0 Å². The van der Waals surface area contributed by atoms with Gasteiger partial charge in [-0.3, -0.25) is 4.79 Å². The number of carbonyl (C=O) groups is 1. The van der Waals surface area contributed by atoms with Crippen LogP contribution in [0.4, 0.5) is 0 Å². The SMILES string of the molecule is C/C=C\c1c(CC)cc2ccccc2c1COC=O.CCC. The number of rotatable bonds is 5. The van der Waals surface area contributed by atoms with E-state index in [1.54, 1.807) is 0 Å². The average Bonchev–Trinajstić information content (AvgIpc) is 2.54. The van der Waals surface area contributed by atoms with E-state index in [-0.39, 0.29) is 0 Å². The van der Waals surface area contributed by atoms with E-state index in [4.69, 9.17) is 4.74 Å². The lowest BCUT2D eigenvalue weighted by atomic mass is 9.93. The quantitative estimate of drug-likeness (QED) is 0.679. The van der Waals surface area contributed by atoms with Crippen LogP contribution in [-0.2, 0) is 22.6 Å². The van der Waals surface area contributed by atoms with Crippen LogP contribution < -0.4 is 0 Å². The van der Waals surface area contributed by atoms with Gasteiger partial charge >= 0.3 is 0 Å². The summed E-state index contributed by atoms with van der Waals surface area (Å²) in [6, 6.07) is 10.4. The monoisotopic (exact) mass is 298 g/mol. The van der Waals surface area contributed by atoms with E-state index in [1.807, 2.05) is 25.1 Å². The predicted molar refractivity (Wildman–Crippen MR) is 94.9 cm³/mol. The molecule has 2 rings (SSSR count). The van der Waals surface area contributed by atoms with Crippen molar-refractivity contribution in [2.45, 2.75) is 47.1 Å². The van der Waals surface area contributed by atoms with E-state index in [0.717, 1.165) is 17.4 Å². The maximum Gasteiger partial charge on any atom is 0.293 e. The summed E-state index contributed by atoms with van der Waals surface area (Å²) in [5, 5.41) is 2.34. The van der Waals surface area contributed by atoms with E-state index in [2.05, 4.69) is 45.0 Å². The summed E-state index contributed by atoms with van der Waals surface area (Å²) in [5.41, 5.74) is 3.53. The van der Waals surface area contributed by atoms with Crippen molar-refractivity contribution in [3.8, 4) is 0 Å². The first-order valence-corrected chi connectivity index (χ1v) is 7.94. The Morgan fingerprint density at radius 3 is 2.41 bits per heavy atom. The highest BCUT2D eigenvalue weighted by Crippen LogP contribution is 2.28. The lowest BCUT2D eigenvalue weighted by Crippen LogP contribution is -1.99. The van der Waals surface area contributed by atoms with Crippen LogP contribution in [0, 0.1) is 0 Å². The Bertz CT molecular complexity index is 627. The van der Waals surface area contributed by atoms with Crippen molar-refractivity contribution in [3.05, 3.63) is 53.1 Å². The molecule has 0 saturated carbocycles. The van der Waals surface area contributed by atoms with Crippen molar-refractivity contribution in [1.82, 2.24) is 0 Å². The Morgan fingerprint density at radius 1 is 1.14 bits per heavy atom. The fraction of sp³-hybridized carbons (Fsp3) is 0.350. The molecule has 2 heteroatoms. The first-order valence-electron chi connectivity index (χ1n) is 7.94. The zero-order chi connectivity index (χ0) is 16.4. The van der Waals surface area contributed by atoms with Crippen LogP contribution in [0.3, 0.4) is 0 Å². The molecular formula is C20H26O2. The molecule has 0 atom stereocenters. The molecule has 22 heavy (non-hydrogen) atoms. The van der Waals surface area contributed by atoms with Crippen molar-refractivity contribution in [2.75, 3.05) is 0 Å². The standard InChI is InChI=1S/C17H18O2.C3H8/c1-3-7-15-13(4-2)10-14-8-5-6-9-16(14)17(15)11-19-12-18;1-3-2/h3,5-10,12H,4,11H2,1-2H3;3H2,1-2H3/b7-3-;. The molecule has 0 heterocycles. The molecule has 0 aromatic heterocycles. The minimum absolute atomic E-state index is 0.317. The van der Waals surface area contributed by atoms with Gasteiger partial charge in [0.15, 0.2) is 0 Å². The molecule has 0 N–H and O–H groups in total. The summed E-state index contributed by atoms with van der Waals surface area (Å²) in [5.74, 6) is 0. The van der Waals surface area contributed by atoms with Crippen LogP contribution in [0.2, 0.25) is 0 Å². The number of benzene rings is 2. The fourth-order valence-corrected chi connectivity index (χ4v) is 2.44. The summed E-state index contributed by atoms with van der Waals surface area (Å²) >= 11 is 0. The van der Waals surface area contributed by atoms with Crippen molar-refractivity contribution in [2.24, 2.45) is 0 Å². The number of carbonyl (C=O) groups excluding carboxylic acids is 1. The number of fused-ring (bicyclic) bond motifs is 1. The Balaban J connectivity index is 0.000000745. The third kappa shape index (κ3) is 4.45. The molecule has 0 saturated heterocycles. The molecule has 0 fully saturated rings. The molecule has 2 aromatic rings. The van der Waals surface area contributed by atoms with E-state index >= 15 is 0 Å². The first-order chi connectivity index (χ1) is 10.7. The Kier molecular flexibility index (Phi) is 7.98. The highest BCUT2D eigenvalue weighted by molar-refractivity contribution is 5.90. The lowest BCUT2D eigenvalue weighted by molar-refractivity contribution is -0.129. The van der Waals surface area contributed by atoms with Crippen LogP contribution >= 0.6 is 0 Å². The van der Waals surface area contributed by atoms with Gasteiger partial charge in [-0.1, -0.05) is 69.7 Å². The summed E-state index contributed by atoms with van der Waals surface area (Å²) in [4.78, 5) is 10.5. The summed E-state index contributed by atoms with van der Waals surface area (Å²) < 4.78 is 5.00. The van der Waals surface area contributed by atoms with E-state index < -0.39 is 0 Å². The molecule has 0 aliphatic carbocycles. The summed E-state index contributed by atoms with van der Waals surface area (Å²) in [6.45, 7) is 9.21. The number of aryl methyl sites for hydroxylation is 1. The van der Waals surface area contributed by atoms with Gasteiger partial charge in [-0.15, -0.1) is 0 Å². The minimum atomic E-state index is 0.317. The van der Waals surface area contributed by atoms with E-state index in [1.165, 1.54) is 22.9 Å². The number of allylic oxidation sites excluding steroid dienone is 1. The number of hydrogen-bond acceptors (Lipinski definition) is 2. The van der Waals surface area contributed by atoms with Crippen molar-refractivity contribution in [1.29, 1.82) is 0 Å². The highest BCUT2D eigenvalue weighted by atomic mass is 16.5. The van der Waals surface area contributed by atoms with Crippen molar-refractivity contribution >= 4 is 23.3 Å². The second kappa shape index (κ2) is 9.78. The second-order valence-electron chi connectivity index (χ2n) is 5.12. The molecule has 0 spiro atoms. The van der Waals surface area contributed by atoms with E-state index in [0.29, 0.717) is 13.1 Å². The molecule has 0 bridgehead atoms. The predicted octanol–water partition coefficient (Wildman–Crippen LogP) is 5.52. The average molecular weight is 298 g/mol. The third-order valence-corrected chi connectivity index (χ3v) is 3.30. The number of hydrogen-bond donors (Lipinski definition) is 0. The van der Waals surface area contributed by atoms with Gasteiger partial charge in [-0.05, 0) is 35.2 Å². The molecule has 0 unspecified atom stereocenters. The zero-order valence-corrected chi connectivity index (χ0v) is 14.1. The molecular weight excluding hydrogens is 272 g/mol. The molecule has 2 aromatic carbocycles. The van der Waals surface area contributed by atoms with Gasteiger partial charge in [0.2, 0.25) is 0 Å². The normalized spacial score (nSPS) is 10.4. The molecule has 118 valence electrons. The largest absolute Gasteiger partial charge is 0.463 e. The minimum Gasteiger partial charge on any atom is -0.463 e. The van der Waals surface area contributed by atoms with Gasteiger partial charge in [0.1, 0.15) is 6.61 Å². The highest BCUT2D eigenvalue weighted by Gasteiger charge is 2.10. The summed E-state index contributed by atoms with van der Waals surface area (Å²) in [7, 11) is 0. The molecule has 2 nitrogen and oxygen atoms in total. The molecule has 0 aliphatic heterocycles. The van der Waals surface area contributed by atoms with Gasteiger partial charge < -0.3 is 4.74 Å². The van der Waals surface area contributed by atoms with Crippen LogP contribution in [0.1, 0.15) is 50.8 Å². The Morgan fingerprint density at radius 2 is 1.82 bits per heavy atom. The Labute approximate surface area is 133 Å². The smallest absolute Gasteiger partial charge is 0.293 e. The van der Waals surface area contributed by atoms with Crippen LogP contribution in [0.15, 0.2) is 36.4 Å².